The van der Waals surface area contributed by atoms with E-state index in [1.54, 1.807) is 0 Å². The SMILES string of the molecule is CCO[Si](CC[N+]1(CC)CCCC1)(OCC)OCC. The van der Waals surface area contributed by atoms with E-state index < -0.39 is 8.80 Å². The summed E-state index contributed by atoms with van der Waals surface area (Å²) >= 11 is 0. The van der Waals surface area contributed by atoms with Crippen LogP contribution in [0.5, 0.6) is 0 Å². The molecule has 0 amide bonds. The van der Waals surface area contributed by atoms with Crippen molar-refractivity contribution in [3.8, 4) is 0 Å². The maximum absolute atomic E-state index is 5.94. The number of hydrogen-bond donors (Lipinski definition) is 0. The first-order valence-corrected chi connectivity index (χ1v) is 9.86. The molecule has 5 heteroatoms. The molecule has 1 saturated heterocycles. The summed E-state index contributed by atoms with van der Waals surface area (Å²) in [6.07, 6.45) is 2.72. The zero-order chi connectivity index (χ0) is 14.2. The zero-order valence-corrected chi connectivity index (χ0v) is 14.2. The molecular weight excluding hydrogens is 258 g/mol. The smallest absolute Gasteiger partial charge is 0.374 e. The second-order valence-corrected chi connectivity index (χ2v) is 8.00. The van der Waals surface area contributed by atoms with Crippen LogP contribution in [0.3, 0.4) is 0 Å². The van der Waals surface area contributed by atoms with Crippen LogP contribution in [0.25, 0.3) is 0 Å². The fourth-order valence-corrected chi connectivity index (χ4v) is 5.83. The lowest BCUT2D eigenvalue weighted by Crippen LogP contribution is -2.53. The van der Waals surface area contributed by atoms with Gasteiger partial charge in [0.15, 0.2) is 0 Å². The Morgan fingerprint density at radius 2 is 1.32 bits per heavy atom. The Bertz CT molecular complexity index is 228. The van der Waals surface area contributed by atoms with Crippen molar-refractivity contribution in [1.82, 2.24) is 0 Å². The predicted molar refractivity (Wildman–Crippen MR) is 80.1 cm³/mol. The molecule has 0 N–H and O–H groups in total. The Kier molecular flexibility index (Phi) is 7.53. The zero-order valence-electron chi connectivity index (χ0n) is 13.2. The predicted octanol–water partition coefficient (Wildman–Crippen LogP) is 2.67. The fraction of sp³-hybridized carbons (Fsp3) is 1.00. The molecular formula is C14H32NO3Si+. The number of rotatable bonds is 10. The van der Waals surface area contributed by atoms with Crippen molar-refractivity contribution in [1.29, 1.82) is 0 Å². The Balaban J connectivity index is 2.64. The van der Waals surface area contributed by atoms with Gasteiger partial charge in [-0.15, -0.1) is 0 Å². The van der Waals surface area contributed by atoms with Crippen molar-refractivity contribution < 1.29 is 17.8 Å². The van der Waals surface area contributed by atoms with E-state index in [1.165, 1.54) is 37.0 Å². The Morgan fingerprint density at radius 3 is 1.68 bits per heavy atom. The lowest BCUT2D eigenvalue weighted by molar-refractivity contribution is -0.913. The molecule has 0 bridgehead atoms. The van der Waals surface area contributed by atoms with Crippen LogP contribution in [-0.2, 0) is 13.3 Å². The Hall–Kier alpha value is 0.0569. The van der Waals surface area contributed by atoms with Crippen molar-refractivity contribution in [3.05, 3.63) is 0 Å². The third-order valence-electron chi connectivity index (χ3n) is 4.17. The van der Waals surface area contributed by atoms with Crippen molar-refractivity contribution in [2.24, 2.45) is 0 Å². The first kappa shape index (κ1) is 17.1. The van der Waals surface area contributed by atoms with Gasteiger partial charge in [0, 0.05) is 32.7 Å². The quantitative estimate of drug-likeness (QED) is 0.457. The van der Waals surface area contributed by atoms with E-state index in [2.05, 4.69) is 6.92 Å². The molecule has 0 aromatic rings. The molecule has 0 aromatic carbocycles. The lowest BCUT2D eigenvalue weighted by Gasteiger charge is -2.36. The summed E-state index contributed by atoms with van der Waals surface area (Å²) in [5, 5.41) is 0. The van der Waals surface area contributed by atoms with E-state index in [-0.39, 0.29) is 0 Å². The van der Waals surface area contributed by atoms with E-state index in [9.17, 15) is 0 Å². The van der Waals surface area contributed by atoms with Crippen LogP contribution in [0.15, 0.2) is 0 Å². The molecule has 0 aliphatic carbocycles. The average Bonchev–Trinajstić information content (AvgIpc) is 2.87. The van der Waals surface area contributed by atoms with Gasteiger partial charge in [-0.05, 0) is 27.7 Å². The topological polar surface area (TPSA) is 27.7 Å². The molecule has 1 fully saturated rings. The molecule has 0 atom stereocenters. The Labute approximate surface area is 120 Å². The molecule has 0 aromatic heterocycles. The largest absolute Gasteiger partial charge is 0.506 e. The highest BCUT2D eigenvalue weighted by molar-refractivity contribution is 6.60. The summed E-state index contributed by atoms with van der Waals surface area (Å²) < 4.78 is 19.1. The van der Waals surface area contributed by atoms with Crippen LogP contribution < -0.4 is 0 Å². The van der Waals surface area contributed by atoms with Gasteiger partial charge in [-0.1, -0.05) is 0 Å². The lowest BCUT2D eigenvalue weighted by atomic mass is 10.4. The monoisotopic (exact) mass is 290 g/mol. The van der Waals surface area contributed by atoms with Crippen molar-refractivity contribution >= 4 is 8.80 Å². The van der Waals surface area contributed by atoms with Gasteiger partial charge in [0.2, 0.25) is 0 Å². The highest BCUT2D eigenvalue weighted by Crippen LogP contribution is 2.24. The number of likely N-dealkylation sites (tertiary alicyclic amines) is 1. The highest BCUT2D eigenvalue weighted by atomic mass is 28.4. The van der Waals surface area contributed by atoms with Gasteiger partial charge in [0.05, 0.1) is 32.2 Å². The van der Waals surface area contributed by atoms with Gasteiger partial charge in [0.1, 0.15) is 0 Å². The van der Waals surface area contributed by atoms with Crippen LogP contribution >= 0.6 is 0 Å². The third kappa shape index (κ3) is 4.83. The third-order valence-corrected chi connectivity index (χ3v) is 7.19. The second-order valence-electron chi connectivity index (χ2n) is 5.27. The van der Waals surface area contributed by atoms with Gasteiger partial charge in [-0.25, -0.2) is 0 Å². The van der Waals surface area contributed by atoms with E-state index in [4.69, 9.17) is 13.3 Å². The molecule has 4 nitrogen and oxygen atoms in total. The van der Waals surface area contributed by atoms with E-state index >= 15 is 0 Å². The molecule has 19 heavy (non-hydrogen) atoms. The van der Waals surface area contributed by atoms with Gasteiger partial charge >= 0.3 is 8.80 Å². The summed E-state index contributed by atoms with van der Waals surface area (Å²) in [5.74, 6) is 0. The summed E-state index contributed by atoms with van der Waals surface area (Å²) in [5.41, 5.74) is 0. The molecule has 0 saturated carbocycles. The maximum atomic E-state index is 5.94. The average molecular weight is 290 g/mol. The molecule has 1 aliphatic heterocycles. The van der Waals surface area contributed by atoms with Gasteiger partial charge in [-0.3, -0.25) is 0 Å². The summed E-state index contributed by atoms with van der Waals surface area (Å²) in [7, 11) is -2.44. The normalized spacial score (nSPS) is 18.9. The van der Waals surface area contributed by atoms with Crippen LogP contribution in [0.1, 0.15) is 40.5 Å². The van der Waals surface area contributed by atoms with Crippen LogP contribution in [0, 0.1) is 0 Å². The maximum Gasteiger partial charge on any atom is 0.506 e. The first-order chi connectivity index (χ1) is 9.16. The highest BCUT2D eigenvalue weighted by Gasteiger charge is 2.44. The summed E-state index contributed by atoms with van der Waals surface area (Å²) in [6.45, 7) is 15.4. The van der Waals surface area contributed by atoms with Crippen molar-refractivity contribution in [3.63, 3.8) is 0 Å². The fourth-order valence-electron chi connectivity index (χ4n) is 3.08. The molecule has 114 valence electrons. The molecule has 1 heterocycles. The number of quaternary nitrogens is 1. The Morgan fingerprint density at radius 1 is 0.842 bits per heavy atom. The number of nitrogens with zero attached hydrogens (tertiary/aromatic N) is 1. The minimum absolute atomic E-state index is 0.679. The second kappa shape index (κ2) is 8.37. The van der Waals surface area contributed by atoms with Crippen LogP contribution in [0.2, 0.25) is 6.04 Å². The molecule has 1 aliphatic rings. The molecule has 0 unspecified atom stereocenters. The molecule has 1 rings (SSSR count). The van der Waals surface area contributed by atoms with Gasteiger partial charge in [-0.2, -0.15) is 0 Å². The summed E-state index contributed by atoms with van der Waals surface area (Å²) in [6, 6.07) is 0.955. The van der Waals surface area contributed by atoms with Crippen LogP contribution in [-0.4, -0.2) is 59.3 Å². The minimum atomic E-state index is -2.44. The van der Waals surface area contributed by atoms with Crippen molar-refractivity contribution in [2.75, 3.05) is 46.0 Å². The van der Waals surface area contributed by atoms with Gasteiger partial charge in [0.25, 0.3) is 0 Å². The van der Waals surface area contributed by atoms with Crippen molar-refractivity contribution in [2.45, 2.75) is 46.6 Å². The van der Waals surface area contributed by atoms with E-state index in [0.717, 1.165) is 12.6 Å². The van der Waals surface area contributed by atoms with E-state index in [1.807, 2.05) is 20.8 Å². The van der Waals surface area contributed by atoms with Gasteiger partial charge < -0.3 is 17.8 Å². The molecule has 0 spiro atoms. The number of hydrogen-bond acceptors (Lipinski definition) is 3. The standard InChI is InChI=1S/C14H32NO3Si/c1-5-15(11-9-10-12-15)13-14-19(16-6-2,17-7-3)18-8-4/h5-14H2,1-4H3/q+1. The minimum Gasteiger partial charge on any atom is -0.374 e. The van der Waals surface area contributed by atoms with E-state index in [0.29, 0.717) is 19.8 Å². The summed E-state index contributed by atoms with van der Waals surface area (Å²) in [4.78, 5) is 0. The van der Waals surface area contributed by atoms with Crippen LogP contribution in [0.4, 0.5) is 0 Å². The first-order valence-electron chi connectivity index (χ1n) is 7.93. The molecule has 0 radical (unpaired) electrons.